The van der Waals surface area contributed by atoms with Crippen LogP contribution in [0.2, 0.25) is 0 Å². The van der Waals surface area contributed by atoms with E-state index in [9.17, 15) is 0 Å². The second-order valence-electron chi connectivity index (χ2n) is 4.59. The van der Waals surface area contributed by atoms with Crippen molar-refractivity contribution in [2.24, 2.45) is 0 Å². The van der Waals surface area contributed by atoms with E-state index in [1.165, 1.54) is 11.1 Å². The Kier molecular flexibility index (Phi) is 2.83. The summed E-state index contributed by atoms with van der Waals surface area (Å²) in [6.45, 7) is 2.76. The Morgan fingerprint density at radius 2 is 2.11 bits per heavy atom. The quantitative estimate of drug-likeness (QED) is 0.703. The van der Waals surface area contributed by atoms with E-state index in [0.29, 0.717) is 18.2 Å². The van der Waals surface area contributed by atoms with Crippen molar-refractivity contribution in [3.05, 3.63) is 53.6 Å². The zero-order valence-corrected chi connectivity index (χ0v) is 10.7. The van der Waals surface area contributed by atoms with Crippen LogP contribution in [-0.4, -0.2) is 4.98 Å². The highest BCUT2D eigenvalue weighted by molar-refractivity contribution is 5.78. The Morgan fingerprint density at radius 1 is 1.21 bits per heavy atom. The van der Waals surface area contributed by atoms with E-state index in [4.69, 9.17) is 10.2 Å². The molecule has 0 radical (unpaired) electrons. The van der Waals surface area contributed by atoms with Gasteiger partial charge in [0.2, 0.25) is 0 Å². The SMILES string of the molecule is Cc1cccc(CNc2nc3cc(N)ccc3o2)c1. The number of aromatic nitrogens is 1. The van der Waals surface area contributed by atoms with Crippen molar-refractivity contribution >= 4 is 22.8 Å². The monoisotopic (exact) mass is 253 g/mol. The second kappa shape index (κ2) is 4.65. The molecular formula is C15H15N3O. The van der Waals surface area contributed by atoms with E-state index in [1.807, 2.05) is 12.1 Å². The largest absolute Gasteiger partial charge is 0.424 e. The van der Waals surface area contributed by atoms with E-state index in [2.05, 4.69) is 35.4 Å². The van der Waals surface area contributed by atoms with Gasteiger partial charge in [-0.15, -0.1) is 0 Å². The normalized spacial score (nSPS) is 10.8. The van der Waals surface area contributed by atoms with Gasteiger partial charge < -0.3 is 15.5 Å². The number of nitrogen functional groups attached to an aromatic ring is 1. The molecule has 4 nitrogen and oxygen atoms in total. The van der Waals surface area contributed by atoms with Crippen molar-refractivity contribution in [1.29, 1.82) is 0 Å². The van der Waals surface area contributed by atoms with Gasteiger partial charge in [-0.1, -0.05) is 29.8 Å². The number of nitrogens with one attached hydrogen (secondary N) is 1. The number of fused-ring (bicyclic) bond motifs is 1. The second-order valence-corrected chi connectivity index (χ2v) is 4.59. The molecule has 0 unspecified atom stereocenters. The number of benzene rings is 2. The van der Waals surface area contributed by atoms with Gasteiger partial charge in [0.05, 0.1) is 0 Å². The minimum Gasteiger partial charge on any atom is -0.424 e. The van der Waals surface area contributed by atoms with E-state index in [0.717, 1.165) is 11.1 Å². The van der Waals surface area contributed by atoms with Crippen molar-refractivity contribution in [2.75, 3.05) is 11.1 Å². The lowest BCUT2D eigenvalue weighted by atomic mass is 10.1. The number of oxazole rings is 1. The summed E-state index contributed by atoms with van der Waals surface area (Å²) in [5, 5.41) is 3.18. The first-order valence-electron chi connectivity index (χ1n) is 6.16. The highest BCUT2D eigenvalue weighted by Gasteiger charge is 2.05. The molecule has 1 aromatic heterocycles. The van der Waals surface area contributed by atoms with Gasteiger partial charge in [-0.2, -0.15) is 4.98 Å². The molecule has 0 fully saturated rings. The molecule has 2 aromatic carbocycles. The molecule has 0 aliphatic carbocycles. The molecule has 0 amide bonds. The first kappa shape index (κ1) is 11.6. The van der Waals surface area contributed by atoms with Crippen molar-refractivity contribution in [2.45, 2.75) is 13.5 Å². The van der Waals surface area contributed by atoms with Crippen LogP contribution in [0.15, 0.2) is 46.9 Å². The third kappa shape index (κ3) is 2.52. The zero-order chi connectivity index (χ0) is 13.2. The topological polar surface area (TPSA) is 64.1 Å². The first-order chi connectivity index (χ1) is 9.20. The standard InChI is InChI=1S/C15H15N3O/c1-10-3-2-4-11(7-10)9-17-15-18-13-8-12(16)5-6-14(13)19-15/h2-8H,9,16H2,1H3,(H,17,18). The van der Waals surface area contributed by atoms with Gasteiger partial charge in [-0.3, -0.25) is 0 Å². The van der Waals surface area contributed by atoms with Gasteiger partial charge in [-0.05, 0) is 30.7 Å². The lowest BCUT2D eigenvalue weighted by Gasteiger charge is -2.02. The molecule has 3 N–H and O–H groups in total. The minimum absolute atomic E-state index is 0.516. The van der Waals surface area contributed by atoms with Crippen LogP contribution in [0, 0.1) is 6.92 Å². The first-order valence-corrected chi connectivity index (χ1v) is 6.16. The Hall–Kier alpha value is -2.49. The number of nitrogens with two attached hydrogens (primary N) is 1. The van der Waals surface area contributed by atoms with Gasteiger partial charge in [0.25, 0.3) is 6.01 Å². The molecular weight excluding hydrogens is 238 g/mol. The fourth-order valence-corrected chi connectivity index (χ4v) is 2.02. The third-order valence-corrected chi connectivity index (χ3v) is 2.94. The van der Waals surface area contributed by atoms with Crippen LogP contribution in [0.25, 0.3) is 11.1 Å². The van der Waals surface area contributed by atoms with Crippen molar-refractivity contribution < 1.29 is 4.42 Å². The van der Waals surface area contributed by atoms with Crippen LogP contribution in [-0.2, 0) is 6.54 Å². The molecule has 0 bridgehead atoms. The van der Waals surface area contributed by atoms with Crippen molar-refractivity contribution in [1.82, 2.24) is 4.98 Å². The molecule has 19 heavy (non-hydrogen) atoms. The molecule has 0 aliphatic heterocycles. The van der Waals surface area contributed by atoms with E-state index in [1.54, 1.807) is 12.1 Å². The summed E-state index contributed by atoms with van der Waals surface area (Å²) in [4.78, 5) is 4.35. The zero-order valence-electron chi connectivity index (χ0n) is 10.7. The maximum absolute atomic E-state index is 5.71. The predicted octanol–water partition coefficient (Wildman–Crippen LogP) is 3.33. The molecule has 4 heteroatoms. The van der Waals surface area contributed by atoms with Gasteiger partial charge in [0, 0.05) is 12.2 Å². The Balaban J connectivity index is 1.78. The average Bonchev–Trinajstić information content (AvgIpc) is 2.78. The number of hydrogen-bond acceptors (Lipinski definition) is 4. The molecule has 0 saturated heterocycles. The summed E-state index contributed by atoms with van der Waals surface area (Å²) in [6, 6.07) is 14.3. The van der Waals surface area contributed by atoms with Gasteiger partial charge in [0.1, 0.15) is 5.52 Å². The molecule has 1 heterocycles. The predicted molar refractivity (Wildman–Crippen MR) is 76.9 cm³/mol. The van der Waals surface area contributed by atoms with Gasteiger partial charge in [-0.25, -0.2) is 0 Å². The Morgan fingerprint density at radius 3 is 2.95 bits per heavy atom. The molecule has 3 aromatic rings. The molecule has 3 rings (SSSR count). The van der Waals surface area contributed by atoms with E-state index >= 15 is 0 Å². The number of hydrogen-bond donors (Lipinski definition) is 2. The molecule has 0 atom stereocenters. The van der Waals surface area contributed by atoms with Crippen LogP contribution in [0.3, 0.4) is 0 Å². The highest BCUT2D eigenvalue weighted by atomic mass is 16.4. The maximum atomic E-state index is 5.71. The van der Waals surface area contributed by atoms with Crippen LogP contribution in [0.5, 0.6) is 0 Å². The number of rotatable bonds is 3. The maximum Gasteiger partial charge on any atom is 0.295 e. The van der Waals surface area contributed by atoms with E-state index in [-0.39, 0.29) is 0 Å². The summed E-state index contributed by atoms with van der Waals surface area (Å²) in [5.41, 5.74) is 10.3. The number of anilines is 2. The fourth-order valence-electron chi connectivity index (χ4n) is 2.02. The summed E-state index contributed by atoms with van der Waals surface area (Å²) in [5.74, 6) is 0. The van der Waals surface area contributed by atoms with Gasteiger partial charge >= 0.3 is 0 Å². The number of nitrogens with zero attached hydrogens (tertiary/aromatic N) is 1. The van der Waals surface area contributed by atoms with Crippen LogP contribution in [0.1, 0.15) is 11.1 Å². The summed E-state index contributed by atoms with van der Waals surface area (Å²) < 4.78 is 5.60. The molecule has 96 valence electrons. The molecule has 0 saturated carbocycles. The van der Waals surface area contributed by atoms with Crippen LogP contribution >= 0.6 is 0 Å². The summed E-state index contributed by atoms with van der Waals surface area (Å²) in [7, 11) is 0. The highest BCUT2D eigenvalue weighted by Crippen LogP contribution is 2.21. The smallest absolute Gasteiger partial charge is 0.295 e. The molecule has 0 spiro atoms. The van der Waals surface area contributed by atoms with E-state index < -0.39 is 0 Å². The van der Waals surface area contributed by atoms with Crippen molar-refractivity contribution in [3.8, 4) is 0 Å². The number of aryl methyl sites for hydroxylation is 1. The Labute approximate surface area is 111 Å². The van der Waals surface area contributed by atoms with Crippen molar-refractivity contribution in [3.63, 3.8) is 0 Å². The average molecular weight is 253 g/mol. The third-order valence-electron chi connectivity index (χ3n) is 2.94. The summed E-state index contributed by atoms with van der Waals surface area (Å²) in [6.07, 6.45) is 0. The Bertz CT molecular complexity index is 718. The van der Waals surface area contributed by atoms with Crippen LogP contribution in [0.4, 0.5) is 11.7 Å². The van der Waals surface area contributed by atoms with Crippen LogP contribution < -0.4 is 11.1 Å². The lowest BCUT2D eigenvalue weighted by molar-refractivity contribution is 0.614. The molecule has 0 aliphatic rings. The lowest BCUT2D eigenvalue weighted by Crippen LogP contribution is -1.99. The van der Waals surface area contributed by atoms with Gasteiger partial charge in [0.15, 0.2) is 5.58 Å². The fraction of sp³-hybridized carbons (Fsp3) is 0.133. The summed E-state index contributed by atoms with van der Waals surface area (Å²) >= 11 is 0. The minimum atomic E-state index is 0.516.